The lowest BCUT2D eigenvalue weighted by Crippen LogP contribution is -2.21. The highest BCUT2D eigenvalue weighted by Crippen LogP contribution is 2.30. The third kappa shape index (κ3) is 3.43. The molecule has 4 rings (SSSR count). The van der Waals surface area contributed by atoms with Crippen molar-refractivity contribution in [3.63, 3.8) is 0 Å². The number of rotatable bonds is 4. The topological polar surface area (TPSA) is 58.1 Å². The summed E-state index contributed by atoms with van der Waals surface area (Å²) in [6.07, 6.45) is 4.03. The molecule has 0 spiro atoms. The zero-order valence-electron chi connectivity index (χ0n) is 14.0. The van der Waals surface area contributed by atoms with Crippen LogP contribution in [0.3, 0.4) is 0 Å². The quantitative estimate of drug-likeness (QED) is 0.707. The third-order valence-corrected chi connectivity index (χ3v) is 5.45. The molecule has 1 N–H and O–H groups in total. The Labute approximate surface area is 160 Å². The van der Waals surface area contributed by atoms with Crippen LogP contribution < -0.4 is 10.2 Å². The average molecular weight is 385 g/mol. The number of thiazole rings is 1. The van der Waals surface area contributed by atoms with Crippen molar-refractivity contribution in [2.24, 2.45) is 0 Å². The molecule has 1 saturated heterocycles. The minimum atomic E-state index is -0.230. The molecule has 132 valence electrons. The van der Waals surface area contributed by atoms with Crippen molar-refractivity contribution in [2.45, 2.75) is 12.8 Å². The fourth-order valence-electron chi connectivity index (χ4n) is 3.03. The van der Waals surface area contributed by atoms with Gasteiger partial charge in [-0.2, -0.15) is 0 Å². The summed E-state index contributed by atoms with van der Waals surface area (Å²) in [6, 6.07) is 11.4. The summed E-state index contributed by atoms with van der Waals surface area (Å²) >= 11 is 7.52. The molecule has 0 aliphatic carbocycles. The molecule has 5 nitrogen and oxygen atoms in total. The first-order valence-electron chi connectivity index (χ1n) is 8.44. The highest BCUT2D eigenvalue weighted by atomic mass is 35.5. The molecule has 1 aliphatic rings. The van der Waals surface area contributed by atoms with Gasteiger partial charge in [0, 0.05) is 24.7 Å². The van der Waals surface area contributed by atoms with E-state index in [1.807, 2.05) is 24.3 Å². The van der Waals surface area contributed by atoms with E-state index in [-0.39, 0.29) is 5.91 Å². The Bertz CT molecular complexity index is 937. The monoisotopic (exact) mass is 384 g/mol. The van der Waals surface area contributed by atoms with E-state index in [2.05, 4.69) is 20.2 Å². The lowest BCUT2D eigenvalue weighted by atomic mass is 10.2. The second kappa shape index (κ2) is 7.43. The van der Waals surface area contributed by atoms with Crippen molar-refractivity contribution >= 4 is 40.2 Å². The van der Waals surface area contributed by atoms with E-state index in [9.17, 15) is 4.79 Å². The Morgan fingerprint density at radius 2 is 1.96 bits per heavy atom. The maximum atomic E-state index is 12.7. The first-order valence-corrected chi connectivity index (χ1v) is 9.70. The lowest BCUT2D eigenvalue weighted by molar-refractivity contribution is 0.102. The van der Waals surface area contributed by atoms with Crippen LogP contribution in [0.15, 0.2) is 48.0 Å². The normalized spacial score (nSPS) is 13.8. The van der Waals surface area contributed by atoms with Crippen LogP contribution in [-0.4, -0.2) is 29.0 Å². The SMILES string of the molecule is O=C(Nc1ccccc1N1CCCC1)c1csc(-c2ncccc2Cl)n1. The maximum Gasteiger partial charge on any atom is 0.275 e. The molecule has 26 heavy (non-hydrogen) atoms. The van der Waals surface area contributed by atoms with Crippen molar-refractivity contribution in [3.05, 3.63) is 58.7 Å². The zero-order valence-corrected chi connectivity index (χ0v) is 15.6. The van der Waals surface area contributed by atoms with Crippen LogP contribution >= 0.6 is 22.9 Å². The van der Waals surface area contributed by atoms with Crippen molar-refractivity contribution in [1.82, 2.24) is 9.97 Å². The third-order valence-electron chi connectivity index (χ3n) is 4.30. The predicted octanol–water partition coefficient (Wildman–Crippen LogP) is 4.71. The molecule has 0 bridgehead atoms. The van der Waals surface area contributed by atoms with Gasteiger partial charge in [0.2, 0.25) is 0 Å². The van der Waals surface area contributed by atoms with Crippen molar-refractivity contribution < 1.29 is 4.79 Å². The van der Waals surface area contributed by atoms with Crippen LogP contribution in [-0.2, 0) is 0 Å². The number of nitrogens with one attached hydrogen (secondary N) is 1. The van der Waals surface area contributed by atoms with Crippen LogP contribution in [0.1, 0.15) is 23.3 Å². The van der Waals surface area contributed by atoms with Gasteiger partial charge in [0.05, 0.1) is 16.4 Å². The Kier molecular flexibility index (Phi) is 4.86. The molecule has 0 saturated carbocycles. The van der Waals surface area contributed by atoms with Gasteiger partial charge in [0.25, 0.3) is 5.91 Å². The van der Waals surface area contributed by atoms with Gasteiger partial charge < -0.3 is 10.2 Å². The molecule has 0 radical (unpaired) electrons. The summed E-state index contributed by atoms with van der Waals surface area (Å²) < 4.78 is 0. The molecule has 0 unspecified atom stereocenters. The number of pyridine rings is 1. The molecule has 3 aromatic rings. The summed E-state index contributed by atoms with van der Waals surface area (Å²) in [7, 11) is 0. The van der Waals surface area contributed by atoms with E-state index >= 15 is 0 Å². The molecule has 2 aromatic heterocycles. The van der Waals surface area contributed by atoms with Gasteiger partial charge in [-0.25, -0.2) is 4.98 Å². The molecular formula is C19H17ClN4OS. The van der Waals surface area contributed by atoms with Crippen LogP contribution in [0.5, 0.6) is 0 Å². The second-order valence-electron chi connectivity index (χ2n) is 6.04. The second-order valence-corrected chi connectivity index (χ2v) is 7.30. The lowest BCUT2D eigenvalue weighted by Gasteiger charge is -2.21. The molecule has 3 heterocycles. The summed E-state index contributed by atoms with van der Waals surface area (Å²) in [5.41, 5.74) is 2.82. The highest BCUT2D eigenvalue weighted by molar-refractivity contribution is 7.13. The van der Waals surface area contributed by atoms with Gasteiger partial charge in [-0.15, -0.1) is 11.3 Å². The minimum absolute atomic E-state index is 0.230. The number of nitrogens with zero attached hydrogens (tertiary/aromatic N) is 3. The van der Waals surface area contributed by atoms with Gasteiger partial charge in [0.1, 0.15) is 16.4 Å². The Balaban J connectivity index is 1.56. The molecule has 0 atom stereocenters. The fraction of sp³-hybridized carbons (Fsp3) is 0.211. The number of halogens is 1. The Hall–Kier alpha value is -2.44. The fourth-order valence-corrected chi connectivity index (χ4v) is 4.10. The molecule has 1 amide bonds. The van der Waals surface area contributed by atoms with Crippen molar-refractivity contribution in [1.29, 1.82) is 0 Å². The molecule has 1 fully saturated rings. The summed E-state index contributed by atoms with van der Waals surface area (Å²) in [4.78, 5) is 23.6. The smallest absolute Gasteiger partial charge is 0.275 e. The molecule has 7 heteroatoms. The van der Waals surface area contributed by atoms with E-state index in [4.69, 9.17) is 11.6 Å². The van der Waals surface area contributed by atoms with Crippen LogP contribution in [0.4, 0.5) is 11.4 Å². The van der Waals surface area contributed by atoms with Gasteiger partial charge in [-0.3, -0.25) is 9.78 Å². The number of carbonyl (C=O) groups excluding carboxylic acids is 1. The Morgan fingerprint density at radius 3 is 2.77 bits per heavy atom. The van der Waals surface area contributed by atoms with Crippen LogP contribution in [0, 0.1) is 0 Å². The van der Waals surface area contributed by atoms with Crippen LogP contribution in [0.25, 0.3) is 10.7 Å². The number of benzene rings is 1. The number of aromatic nitrogens is 2. The minimum Gasteiger partial charge on any atom is -0.370 e. The predicted molar refractivity (Wildman–Crippen MR) is 106 cm³/mol. The first-order chi connectivity index (χ1) is 12.7. The van der Waals surface area contributed by atoms with Gasteiger partial charge in [-0.1, -0.05) is 23.7 Å². The number of anilines is 2. The molecule has 1 aliphatic heterocycles. The van der Waals surface area contributed by atoms with Crippen molar-refractivity contribution in [2.75, 3.05) is 23.3 Å². The summed E-state index contributed by atoms with van der Waals surface area (Å²) in [6.45, 7) is 2.04. The maximum absolute atomic E-state index is 12.7. The largest absolute Gasteiger partial charge is 0.370 e. The zero-order chi connectivity index (χ0) is 17.9. The van der Waals surface area contributed by atoms with E-state index in [0.717, 1.165) is 24.5 Å². The van der Waals surface area contributed by atoms with E-state index in [1.165, 1.54) is 24.2 Å². The van der Waals surface area contributed by atoms with E-state index < -0.39 is 0 Å². The highest BCUT2D eigenvalue weighted by Gasteiger charge is 2.19. The summed E-state index contributed by atoms with van der Waals surface area (Å²) in [5, 5.41) is 5.88. The number of amides is 1. The molecular weight excluding hydrogens is 368 g/mol. The molecule has 1 aromatic carbocycles. The van der Waals surface area contributed by atoms with Gasteiger partial charge in [-0.05, 0) is 37.1 Å². The van der Waals surface area contributed by atoms with E-state index in [0.29, 0.717) is 21.4 Å². The standard InChI is InChI=1S/C19H17ClN4OS/c20-13-6-5-9-21-17(13)19-23-15(12-26-19)18(25)22-14-7-1-2-8-16(14)24-10-3-4-11-24/h1-2,5-9,12H,3-4,10-11H2,(H,22,25). The first kappa shape index (κ1) is 17.0. The number of carbonyl (C=O) groups is 1. The average Bonchev–Trinajstić information content (AvgIpc) is 3.35. The van der Waals surface area contributed by atoms with Crippen LogP contribution in [0.2, 0.25) is 5.02 Å². The summed E-state index contributed by atoms with van der Waals surface area (Å²) in [5.74, 6) is -0.230. The van der Waals surface area contributed by atoms with Gasteiger partial charge >= 0.3 is 0 Å². The van der Waals surface area contributed by atoms with E-state index in [1.54, 1.807) is 23.7 Å². The number of hydrogen-bond acceptors (Lipinski definition) is 5. The number of hydrogen-bond donors (Lipinski definition) is 1. The Morgan fingerprint density at radius 1 is 1.15 bits per heavy atom. The van der Waals surface area contributed by atoms with Crippen molar-refractivity contribution in [3.8, 4) is 10.7 Å². The van der Waals surface area contributed by atoms with Gasteiger partial charge in [0.15, 0.2) is 0 Å². The number of para-hydroxylation sites is 2.